The van der Waals surface area contributed by atoms with Gasteiger partial charge in [-0.05, 0) is 20.3 Å². The third-order valence-corrected chi connectivity index (χ3v) is 1.16. The maximum absolute atomic E-state index is 11.6. The first kappa shape index (κ1) is 13.1. The van der Waals surface area contributed by atoms with Gasteiger partial charge in [0.15, 0.2) is 0 Å². The molecule has 0 amide bonds. The second-order valence-electron chi connectivity index (χ2n) is 2.98. The van der Waals surface area contributed by atoms with Gasteiger partial charge in [-0.25, -0.2) is 4.79 Å². The molecule has 0 spiro atoms. The Kier molecular flexibility index (Phi) is 5.34. The molecule has 0 saturated heterocycles. The number of carbonyl (C=O) groups excluding carboxylic acids is 1. The monoisotopic (exact) mass is 214 g/mol. The predicted octanol–water partition coefficient (Wildman–Crippen LogP) is 2.89. The van der Waals surface area contributed by atoms with E-state index < -0.39 is 18.8 Å². The van der Waals surface area contributed by atoms with E-state index in [1.807, 2.05) is 0 Å². The summed E-state index contributed by atoms with van der Waals surface area (Å²) in [6, 6.07) is 0. The molecule has 0 heterocycles. The SMILES string of the molecule is CC(C)OC(=O)OCCCC(F)(F)F. The summed E-state index contributed by atoms with van der Waals surface area (Å²) in [5.74, 6) is 0. The summed E-state index contributed by atoms with van der Waals surface area (Å²) in [5, 5.41) is 0. The van der Waals surface area contributed by atoms with Gasteiger partial charge in [-0.3, -0.25) is 0 Å². The quantitative estimate of drug-likeness (QED) is 0.533. The summed E-state index contributed by atoms with van der Waals surface area (Å²) in [6.07, 6.45) is -6.66. The number of hydrogen-bond acceptors (Lipinski definition) is 3. The van der Waals surface area contributed by atoms with Crippen molar-refractivity contribution in [3.05, 3.63) is 0 Å². The molecule has 84 valence electrons. The van der Waals surface area contributed by atoms with Crippen molar-refractivity contribution in [1.29, 1.82) is 0 Å². The summed E-state index contributed by atoms with van der Waals surface area (Å²) in [6.45, 7) is 2.97. The minimum Gasteiger partial charge on any atom is -0.434 e. The third-order valence-electron chi connectivity index (χ3n) is 1.16. The minimum atomic E-state index is -4.20. The lowest BCUT2D eigenvalue weighted by Crippen LogP contribution is -2.15. The van der Waals surface area contributed by atoms with E-state index in [4.69, 9.17) is 0 Å². The van der Waals surface area contributed by atoms with Crippen LogP contribution in [0.15, 0.2) is 0 Å². The van der Waals surface area contributed by atoms with Crippen LogP contribution in [0, 0.1) is 0 Å². The molecule has 0 aromatic carbocycles. The average molecular weight is 214 g/mol. The molecule has 0 rings (SSSR count). The van der Waals surface area contributed by atoms with Crippen molar-refractivity contribution in [3.8, 4) is 0 Å². The molecule has 0 fully saturated rings. The molecular weight excluding hydrogens is 201 g/mol. The van der Waals surface area contributed by atoms with Crippen LogP contribution < -0.4 is 0 Å². The van der Waals surface area contributed by atoms with Gasteiger partial charge in [-0.1, -0.05) is 0 Å². The molecule has 0 unspecified atom stereocenters. The van der Waals surface area contributed by atoms with Gasteiger partial charge in [-0.2, -0.15) is 13.2 Å². The summed E-state index contributed by atoms with van der Waals surface area (Å²) in [7, 11) is 0. The molecular formula is C8H13F3O3. The highest BCUT2D eigenvalue weighted by Crippen LogP contribution is 2.21. The van der Waals surface area contributed by atoms with E-state index in [1.54, 1.807) is 13.8 Å². The molecule has 0 aromatic rings. The van der Waals surface area contributed by atoms with Crippen LogP contribution >= 0.6 is 0 Å². The molecule has 0 N–H and O–H groups in total. The lowest BCUT2D eigenvalue weighted by molar-refractivity contribution is -0.137. The lowest BCUT2D eigenvalue weighted by Gasteiger charge is -2.09. The van der Waals surface area contributed by atoms with E-state index in [2.05, 4.69) is 9.47 Å². The molecule has 0 aromatic heterocycles. The zero-order chi connectivity index (χ0) is 11.2. The smallest absolute Gasteiger partial charge is 0.434 e. The van der Waals surface area contributed by atoms with Crippen LogP contribution in [0.4, 0.5) is 18.0 Å². The lowest BCUT2D eigenvalue weighted by atomic mass is 10.3. The predicted molar refractivity (Wildman–Crippen MR) is 42.9 cm³/mol. The number of hydrogen-bond donors (Lipinski definition) is 0. The fourth-order valence-corrected chi connectivity index (χ4v) is 0.655. The Morgan fingerprint density at radius 3 is 2.36 bits per heavy atom. The van der Waals surface area contributed by atoms with Crippen molar-refractivity contribution in [2.45, 2.75) is 39.0 Å². The highest BCUT2D eigenvalue weighted by atomic mass is 19.4. The third kappa shape index (κ3) is 9.15. The highest BCUT2D eigenvalue weighted by molar-refractivity contribution is 5.59. The van der Waals surface area contributed by atoms with Crippen LogP contribution in [0.3, 0.4) is 0 Å². The van der Waals surface area contributed by atoms with Gasteiger partial charge >= 0.3 is 12.3 Å². The van der Waals surface area contributed by atoms with E-state index >= 15 is 0 Å². The van der Waals surface area contributed by atoms with Crippen molar-refractivity contribution < 1.29 is 27.4 Å². The van der Waals surface area contributed by atoms with Crippen molar-refractivity contribution in [3.63, 3.8) is 0 Å². The van der Waals surface area contributed by atoms with Gasteiger partial charge in [0.2, 0.25) is 0 Å². The Hall–Kier alpha value is -0.940. The first-order valence-corrected chi connectivity index (χ1v) is 4.21. The Morgan fingerprint density at radius 1 is 1.36 bits per heavy atom. The minimum absolute atomic E-state index is 0.239. The Labute approximate surface area is 80.2 Å². The molecule has 0 aliphatic rings. The Bertz CT molecular complexity index is 177. The summed E-state index contributed by atoms with van der Waals surface area (Å²) >= 11 is 0. The molecule has 0 atom stereocenters. The summed E-state index contributed by atoms with van der Waals surface area (Å²) in [4.78, 5) is 10.7. The van der Waals surface area contributed by atoms with Crippen molar-refractivity contribution in [1.82, 2.24) is 0 Å². The first-order chi connectivity index (χ1) is 6.31. The van der Waals surface area contributed by atoms with Crippen LogP contribution in [-0.4, -0.2) is 25.0 Å². The Balaban J connectivity index is 3.41. The standard InChI is InChI=1S/C8H13F3O3/c1-6(2)14-7(12)13-5-3-4-8(9,10)11/h6H,3-5H2,1-2H3. The fourth-order valence-electron chi connectivity index (χ4n) is 0.655. The number of carbonyl (C=O) groups is 1. The van der Waals surface area contributed by atoms with E-state index in [1.165, 1.54) is 0 Å². The zero-order valence-electron chi connectivity index (χ0n) is 8.06. The van der Waals surface area contributed by atoms with Crippen LogP contribution in [-0.2, 0) is 9.47 Å². The van der Waals surface area contributed by atoms with Crippen LogP contribution in [0.1, 0.15) is 26.7 Å². The van der Waals surface area contributed by atoms with Gasteiger partial charge < -0.3 is 9.47 Å². The fraction of sp³-hybridized carbons (Fsp3) is 0.875. The number of ether oxygens (including phenoxy) is 2. The maximum atomic E-state index is 11.6. The van der Waals surface area contributed by atoms with Crippen LogP contribution in [0.5, 0.6) is 0 Å². The molecule has 0 aliphatic carbocycles. The van der Waals surface area contributed by atoms with Gasteiger partial charge in [0, 0.05) is 6.42 Å². The molecule has 0 aliphatic heterocycles. The van der Waals surface area contributed by atoms with Gasteiger partial charge in [0.1, 0.15) is 0 Å². The number of alkyl halides is 3. The van der Waals surface area contributed by atoms with Crippen molar-refractivity contribution >= 4 is 6.16 Å². The number of rotatable bonds is 4. The highest BCUT2D eigenvalue weighted by Gasteiger charge is 2.26. The molecule has 0 bridgehead atoms. The topological polar surface area (TPSA) is 35.5 Å². The first-order valence-electron chi connectivity index (χ1n) is 4.21. The molecule has 6 heteroatoms. The van der Waals surface area contributed by atoms with Gasteiger partial charge in [-0.15, -0.1) is 0 Å². The second-order valence-corrected chi connectivity index (χ2v) is 2.98. The zero-order valence-corrected chi connectivity index (χ0v) is 8.06. The van der Waals surface area contributed by atoms with Crippen LogP contribution in [0.25, 0.3) is 0 Å². The van der Waals surface area contributed by atoms with Crippen LogP contribution in [0.2, 0.25) is 0 Å². The molecule has 3 nitrogen and oxygen atoms in total. The van der Waals surface area contributed by atoms with E-state index in [0.29, 0.717) is 0 Å². The Morgan fingerprint density at radius 2 is 1.93 bits per heavy atom. The van der Waals surface area contributed by atoms with E-state index in [9.17, 15) is 18.0 Å². The number of halogens is 3. The van der Waals surface area contributed by atoms with Gasteiger partial charge in [0.25, 0.3) is 0 Å². The van der Waals surface area contributed by atoms with E-state index in [0.717, 1.165) is 0 Å². The second kappa shape index (κ2) is 5.72. The largest absolute Gasteiger partial charge is 0.508 e. The van der Waals surface area contributed by atoms with Gasteiger partial charge in [0.05, 0.1) is 12.7 Å². The molecule has 0 radical (unpaired) electrons. The van der Waals surface area contributed by atoms with Crippen molar-refractivity contribution in [2.75, 3.05) is 6.61 Å². The normalized spacial score (nSPS) is 11.6. The average Bonchev–Trinajstić information content (AvgIpc) is 1.95. The summed E-state index contributed by atoms with van der Waals surface area (Å²) < 4.78 is 43.8. The van der Waals surface area contributed by atoms with Crippen molar-refractivity contribution in [2.24, 2.45) is 0 Å². The molecule has 0 saturated carbocycles. The maximum Gasteiger partial charge on any atom is 0.508 e. The summed E-state index contributed by atoms with van der Waals surface area (Å²) in [5.41, 5.74) is 0. The molecule has 14 heavy (non-hydrogen) atoms. The van der Waals surface area contributed by atoms with E-state index in [-0.39, 0.29) is 19.1 Å².